The monoisotopic (exact) mass is 396 g/mol. The number of nitrogens with one attached hydrogen (secondary N) is 1. The molecule has 0 spiro atoms. The van der Waals surface area contributed by atoms with E-state index in [-0.39, 0.29) is 29.4 Å². The molecule has 0 radical (unpaired) electrons. The summed E-state index contributed by atoms with van der Waals surface area (Å²) < 4.78 is 6.50. The highest BCUT2D eigenvalue weighted by atomic mass is 35.5. The van der Waals surface area contributed by atoms with Crippen LogP contribution in [0, 0.1) is 4.77 Å². The van der Waals surface area contributed by atoms with Crippen molar-refractivity contribution in [1.82, 2.24) is 14.9 Å². The quantitative estimate of drug-likeness (QED) is 0.550. The molecule has 0 atom stereocenters. The van der Waals surface area contributed by atoms with Crippen molar-refractivity contribution in [3.8, 4) is 5.75 Å². The number of ether oxygens (including phenoxy) is 1. The van der Waals surface area contributed by atoms with Crippen LogP contribution in [0.25, 0.3) is 0 Å². The second-order valence-electron chi connectivity index (χ2n) is 5.59. The lowest BCUT2D eigenvalue weighted by Gasteiger charge is -2.11. The van der Waals surface area contributed by atoms with E-state index in [4.69, 9.17) is 33.7 Å². The molecule has 2 rings (SSSR count). The zero-order chi connectivity index (χ0) is 19.3. The van der Waals surface area contributed by atoms with Gasteiger partial charge in [-0.1, -0.05) is 11.6 Å². The fourth-order valence-electron chi connectivity index (χ4n) is 1.99. The van der Waals surface area contributed by atoms with Gasteiger partial charge in [0.05, 0.1) is 23.8 Å². The molecule has 0 bridgehead atoms. The third-order valence-electron chi connectivity index (χ3n) is 3.13. The summed E-state index contributed by atoms with van der Waals surface area (Å²) in [6.07, 6.45) is 1.16. The van der Waals surface area contributed by atoms with Gasteiger partial charge in [0.15, 0.2) is 0 Å². The van der Waals surface area contributed by atoms with Gasteiger partial charge < -0.3 is 9.84 Å². The van der Waals surface area contributed by atoms with E-state index in [1.54, 1.807) is 18.2 Å². The largest absolute Gasteiger partial charge is 0.489 e. The van der Waals surface area contributed by atoms with Crippen molar-refractivity contribution in [2.45, 2.75) is 32.8 Å². The van der Waals surface area contributed by atoms with Crippen LogP contribution in [0.5, 0.6) is 5.75 Å². The SMILES string of the molecule is CC(C)Oc1ccc(/C=N\n2c(=S)[nH]nc(CCC(=O)O)c2=O)cc1Cl. The fraction of sp³-hybridized carbons (Fsp3) is 0.312. The number of carbonyl (C=O) groups is 1. The third-order valence-corrected chi connectivity index (χ3v) is 3.69. The van der Waals surface area contributed by atoms with Gasteiger partial charge in [-0.2, -0.15) is 14.9 Å². The second kappa shape index (κ2) is 8.72. The lowest BCUT2D eigenvalue weighted by Crippen LogP contribution is -2.25. The summed E-state index contributed by atoms with van der Waals surface area (Å²) in [5, 5.41) is 19.5. The number of hydrogen-bond acceptors (Lipinski definition) is 6. The normalized spacial score (nSPS) is 11.2. The van der Waals surface area contributed by atoms with E-state index in [0.29, 0.717) is 16.3 Å². The Bertz CT molecular complexity index is 952. The zero-order valence-corrected chi connectivity index (χ0v) is 15.7. The van der Waals surface area contributed by atoms with Crippen LogP contribution in [0.2, 0.25) is 5.02 Å². The summed E-state index contributed by atoms with van der Waals surface area (Å²) in [5.74, 6) is -0.477. The van der Waals surface area contributed by atoms with Crippen molar-refractivity contribution in [3.63, 3.8) is 0 Å². The highest BCUT2D eigenvalue weighted by Crippen LogP contribution is 2.25. The summed E-state index contributed by atoms with van der Waals surface area (Å²) in [4.78, 5) is 23.0. The van der Waals surface area contributed by atoms with Crippen LogP contribution in [0.1, 0.15) is 31.5 Å². The maximum absolute atomic E-state index is 12.3. The Labute approximate surface area is 159 Å². The number of halogens is 1. The Kier molecular flexibility index (Phi) is 6.64. The number of benzene rings is 1. The summed E-state index contributed by atoms with van der Waals surface area (Å²) >= 11 is 11.2. The van der Waals surface area contributed by atoms with Gasteiger partial charge in [-0.15, -0.1) is 0 Å². The van der Waals surface area contributed by atoms with Gasteiger partial charge in [0.2, 0.25) is 4.77 Å². The first-order chi connectivity index (χ1) is 12.3. The van der Waals surface area contributed by atoms with E-state index in [2.05, 4.69) is 15.3 Å². The van der Waals surface area contributed by atoms with E-state index in [0.717, 1.165) is 4.68 Å². The van der Waals surface area contributed by atoms with E-state index in [1.807, 2.05) is 13.8 Å². The number of aliphatic carboxylic acids is 1. The van der Waals surface area contributed by atoms with Gasteiger partial charge in [-0.25, -0.2) is 0 Å². The average Bonchev–Trinajstić information content (AvgIpc) is 2.56. The molecular weight excluding hydrogens is 380 g/mol. The maximum Gasteiger partial charge on any atom is 0.303 e. The Hall–Kier alpha value is -2.52. The lowest BCUT2D eigenvalue weighted by molar-refractivity contribution is -0.136. The van der Waals surface area contributed by atoms with Crippen molar-refractivity contribution >= 4 is 36.0 Å². The number of carboxylic acids is 1. The molecule has 1 heterocycles. The third kappa shape index (κ3) is 5.24. The Balaban J connectivity index is 2.29. The smallest absolute Gasteiger partial charge is 0.303 e. The maximum atomic E-state index is 12.3. The molecule has 2 N–H and O–H groups in total. The Morgan fingerprint density at radius 2 is 2.27 bits per heavy atom. The van der Waals surface area contributed by atoms with Crippen LogP contribution in [0.3, 0.4) is 0 Å². The second-order valence-corrected chi connectivity index (χ2v) is 6.38. The number of nitrogens with zero attached hydrogens (tertiary/aromatic N) is 3. The molecule has 0 saturated heterocycles. The van der Waals surface area contributed by atoms with Gasteiger partial charge in [0.1, 0.15) is 11.4 Å². The highest BCUT2D eigenvalue weighted by molar-refractivity contribution is 7.71. The molecule has 0 aliphatic carbocycles. The predicted molar refractivity (Wildman–Crippen MR) is 99.8 cm³/mol. The summed E-state index contributed by atoms with van der Waals surface area (Å²) in [7, 11) is 0. The minimum atomic E-state index is -1.03. The number of rotatable bonds is 7. The molecule has 2 aromatic rings. The van der Waals surface area contributed by atoms with E-state index in [1.165, 1.54) is 6.21 Å². The Morgan fingerprint density at radius 3 is 2.88 bits per heavy atom. The molecule has 1 aromatic carbocycles. The first kappa shape index (κ1) is 19.8. The number of aromatic nitrogens is 3. The van der Waals surface area contributed by atoms with Gasteiger partial charge >= 0.3 is 5.97 Å². The zero-order valence-electron chi connectivity index (χ0n) is 14.1. The molecule has 26 heavy (non-hydrogen) atoms. The molecule has 0 amide bonds. The molecule has 10 heteroatoms. The molecule has 0 aliphatic rings. The van der Waals surface area contributed by atoms with Crippen LogP contribution in [0.4, 0.5) is 0 Å². The van der Waals surface area contributed by atoms with Gasteiger partial charge in [-0.3, -0.25) is 14.7 Å². The highest BCUT2D eigenvalue weighted by Gasteiger charge is 2.09. The van der Waals surface area contributed by atoms with Crippen molar-refractivity contribution in [2.24, 2.45) is 5.10 Å². The number of H-pyrrole nitrogens is 1. The van der Waals surface area contributed by atoms with Crippen LogP contribution in [0.15, 0.2) is 28.1 Å². The summed E-state index contributed by atoms with van der Waals surface area (Å²) in [6, 6.07) is 5.09. The van der Waals surface area contributed by atoms with Gasteiger partial charge in [-0.05, 0) is 49.8 Å². The van der Waals surface area contributed by atoms with E-state index >= 15 is 0 Å². The van der Waals surface area contributed by atoms with E-state index in [9.17, 15) is 9.59 Å². The molecule has 0 unspecified atom stereocenters. The number of aromatic amines is 1. The standard InChI is InChI=1S/C16H17ClN4O4S/c1-9(2)25-13-5-3-10(7-11(13)17)8-18-21-15(24)12(4-6-14(22)23)19-20-16(21)26/h3,5,7-9H,4,6H2,1-2H3,(H,20,26)(H,22,23)/b18-8-. The van der Waals surface area contributed by atoms with Crippen molar-refractivity contribution in [1.29, 1.82) is 0 Å². The first-order valence-corrected chi connectivity index (χ1v) is 8.49. The fourth-order valence-corrected chi connectivity index (χ4v) is 2.40. The van der Waals surface area contributed by atoms with Crippen LogP contribution >= 0.6 is 23.8 Å². The molecular formula is C16H17ClN4O4S. The summed E-state index contributed by atoms with van der Waals surface area (Å²) in [6.45, 7) is 3.79. The molecule has 8 nitrogen and oxygen atoms in total. The predicted octanol–water partition coefficient (Wildman–Crippen LogP) is 2.64. The average molecular weight is 397 g/mol. The topological polar surface area (TPSA) is 110 Å². The first-order valence-electron chi connectivity index (χ1n) is 7.71. The minimum Gasteiger partial charge on any atom is -0.489 e. The molecule has 0 aliphatic heterocycles. The Morgan fingerprint density at radius 1 is 1.54 bits per heavy atom. The molecule has 1 aromatic heterocycles. The van der Waals surface area contributed by atoms with Crippen LogP contribution in [-0.2, 0) is 11.2 Å². The van der Waals surface area contributed by atoms with Crippen LogP contribution < -0.4 is 10.3 Å². The number of carboxylic acid groups (broad SMARTS) is 1. The van der Waals surface area contributed by atoms with Crippen molar-refractivity contribution < 1.29 is 14.6 Å². The number of aryl methyl sites for hydroxylation is 1. The summed E-state index contributed by atoms with van der Waals surface area (Å²) in [5.41, 5.74) is 0.102. The molecule has 0 saturated carbocycles. The van der Waals surface area contributed by atoms with Crippen molar-refractivity contribution in [3.05, 3.63) is 49.6 Å². The molecule has 138 valence electrons. The number of hydrogen-bond donors (Lipinski definition) is 2. The minimum absolute atomic E-state index is 0.00353. The van der Waals surface area contributed by atoms with E-state index < -0.39 is 11.5 Å². The van der Waals surface area contributed by atoms with Gasteiger partial charge in [0.25, 0.3) is 5.56 Å². The molecule has 0 fully saturated rings. The lowest BCUT2D eigenvalue weighted by atomic mass is 10.2. The van der Waals surface area contributed by atoms with Crippen molar-refractivity contribution in [2.75, 3.05) is 0 Å². The van der Waals surface area contributed by atoms with Crippen LogP contribution in [-0.4, -0.2) is 38.3 Å². The van der Waals surface area contributed by atoms with Gasteiger partial charge in [0, 0.05) is 6.42 Å².